The molecule has 0 radical (unpaired) electrons. The second-order valence-electron chi connectivity index (χ2n) is 4.96. The number of carboxylic acid groups (broad SMARTS) is 1. The van der Waals surface area contributed by atoms with Crippen LogP contribution >= 0.6 is 12.4 Å². The summed E-state index contributed by atoms with van der Waals surface area (Å²) in [5.74, 6) is -0.702. The van der Waals surface area contributed by atoms with Gasteiger partial charge in [-0.1, -0.05) is 13.3 Å². The minimum atomic E-state index is -0.834. The molecule has 0 bridgehead atoms. The molecule has 0 aliphatic carbocycles. The van der Waals surface area contributed by atoms with Crippen molar-refractivity contribution in [2.24, 2.45) is 0 Å². The number of carboxylic acids is 1. The molecule has 1 heterocycles. The van der Waals surface area contributed by atoms with E-state index in [0.29, 0.717) is 25.4 Å². The number of carbonyl (C=O) groups excluding carboxylic acids is 1. The monoisotopic (exact) mass is 292 g/mol. The third-order valence-corrected chi connectivity index (χ3v) is 3.48. The maximum absolute atomic E-state index is 11.9. The maximum atomic E-state index is 11.9. The molecule has 1 rings (SSSR count). The lowest BCUT2D eigenvalue weighted by atomic mass is 10.1. The number of nitrogens with one attached hydrogen (secondary N) is 1. The van der Waals surface area contributed by atoms with Crippen molar-refractivity contribution in [3.05, 3.63) is 0 Å². The minimum absolute atomic E-state index is 0. The summed E-state index contributed by atoms with van der Waals surface area (Å²) < 4.78 is 0. The molecular weight excluding hydrogens is 268 g/mol. The summed E-state index contributed by atoms with van der Waals surface area (Å²) in [7, 11) is 0. The van der Waals surface area contributed by atoms with E-state index < -0.39 is 12.0 Å². The van der Waals surface area contributed by atoms with Gasteiger partial charge in [-0.2, -0.15) is 0 Å². The Bertz CT molecular complexity index is 300. The molecule has 1 saturated heterocycles. The van der Waals surface area contributed by atoms with E-state index in [1.807, 2.05) is 11.8 Å². The second kappa shape index (κ2) is 9.15. The van der Waals surface area contributed by atoms with Crippen LogP contribution in [0.15, 0.2) is 0 Å². The Morgan fingerprint density at radius 3 is 2.63 bits per heavy atom. The van der Waals surface area contributed by atoms with Gasteiger partial charge in [0, 0.05) is 25.6 Å². The van der Waals surface area contributed by atoms with Gasteiger partial charge in [0.2, 0.25) is 5.91 Å². The summed E-state index contributed by atoms with van der Waals surface area (Å²) in [5, 5.41) is 11.9. The maximum Gasteiger partial charge on any atom is 0.320 e. The quantitative estimate of drug-likeness (QED) is 0.749. The van der Waals surface area contributed by atoms with Crippen molar-refractivity contribution >= 4 is 24.3 Å². The molecule has 2 unspecified atom stereocenters. The standard InChI is InChI=1S/C13H24N2O3.ClH/c1-3-5-11(13(17)18)14-8-7-12(16)15-9-4-6-10(15)2;/h10-11,14H,3-9H2,1-2H3,(H,17,18);1H. The summed E-state index contributed by atoms with van der Waals surface area (Å²) in [4.78, 5) is 24.7. The van der Waals surface area contributed by atoms with Gasteiger partial charge in [-0.15, -0.1) is 12.4 Å². The highest BCUT2D eigenvalue weighted by Gasteiger charge is 2.24. The van der Waals surface area contributed by atoms with Gasteiger partial charge in [0.15, 0.2) is 0 Å². The number of hydrogen-bond donors (Lipinski definition) is 2. The zero-order valence-corrected chi connectivity index (χ0v) is 12.5. The lowest BCUT2D eigenvalue weighted by Crippen LogP contribution is -2.40. The summed E-state index contributed by atoms with van der Waals surface area (Å²) in [6, 6.07) is -0.192. The molecule has 5 nitrogen and oxygen atoms in total. The van der Waals surface area contributed by atoms with Crippen molar-refractivity contribution in [3.63, 3.8) is 0 Å². The number of hydrogen-bond acceptors (Lipinski definition) is 3. The molecule has 0 aromatic carbocycles. The highest BCUT2D eigenvalue weighted by atomic mass is 35.5. The first kappa shape index (κ1) is 18.2. The van der Waals surface area contributed by atoms with Crippen LogP contribution in [-0.4, -0.2) is 47.1 Å². The molecule has 1 aliphatic rings. The van der Waals surface area contributed by atoms with Crippen molar-refractivity contribution in [3.8, 4) is 0 Å². The highest BCUT2D eigenvalue weighted by Crippen LogP contribution is 2.16. The van der Waals surface area contributed by atoms with Gasteiger partial charge in [-0.25, -0.2) is 0 Å². The average molecular weight is 293 g/mol. The fraction of sp³-hybridized carbons (Fsp3) is 0.846. The van der Waals surface area contributed by atoms with Gasteiger partial charge in [0.1, 0.15) is 6.04 Å². The Hall–Kier alpha value is -0.810. The first-order chi connectivity index (χ1) is 8.56. The molecule has 1 fully saturated rings. The lowest BCUT2D eigenvalue weighted by Gasteiger charge is -2.22. The first-order valence-electron chi connectivity index (χ1n) is 6.82. The minimum Gasteiger partial charge on any atom is -0.480 e. The largest absolute Gasteiger partial charge is 0.480 e. The normalized spacial score (nSPS) is 19.9. The summed E-state index contributed by atoms with van der Waals surface area (Å²) in [6.07, 6.45) is 3.96. The van der Waals surface area contributed by atoms with E-state index in [-0.39, 0.29) is 18.3 Å². The number of halogens is 1. The van der Waals surface area contributed by atoms with E-state index >= 15 is 0 Å². The van der Waals surface area contributed by atoms with E-state index in [0.717, 1.165) is 25.8 Å². The van der Waals surface area contributed by atoms with Gasteiger partial charge in [-0.3, -0.25) is 9.59 Å². The predicted molar refractivity (Wildman–Crippen MR) is 76.6 cm³/mol. The Morgan fingerprint density at radius 1 is 1.47 bits per heavy atom. The SMILES string of the molecule is CCCC(NCCC(=O)N1CCCC1C)C(=O)O.Cl. The smallest absolute Gasteiger partial charge is 0.320 e. The first-order valence-corrected chi connectivity index (χ1v) is 6.82. The van der Waals surface area contributed by atoms with Crippen molar-refractivity contribution in [1.82, 2.24) is 10.2 Å². The van der Waals surface area contributed by atoms with Crippen molar-refractivity contribution in [2.75, 3.05) is 13.1 Å². The summed E-state index contributed by atoms with van der Waals surface area (Å²) in [6.45, 7) is 5.31. The van der Waals surface area contributed by atoms with Crippen LogP contribution in [0, 0.1) is 0 Å². The molecule has 19 heavy (non-hydrogen) atoms. The van der Waals surface area contributed by atoms with Crippen LogP contribution in [-0.2, 0) is 9.59 Å². The second-order valence-corrected chi connectivity index (χ2v) is 4.96. The molecule has 0 spiro atoms. The average Bonchev–Trinajstić information content (AvgIpc) is 2.74. The van der Waals surface area contributed by atoms with Crippen LogP contribution < -0.4 is 5.32 Å². The fourth-order valence-corrected chi connectivity index (χ4v) is 2.40. The molecule has 112 valence electrons. The van der Waals surface area contributed by atoms with Gasteiger partial charge in [0.25, 0.3) is 0 Å². The van der Waals surface area contributed by atoms with Crippen LogP contribution in [0.4, 0.5) is 0 Å². The number of aliphatic carboxylic acids is 1. The lowest BCUT2D eigenvalue weighted by molar-refractivity contribution is -0.140. The predicted octanol–water partition coefficient (Wildman–Crippen LogP) is 1.65. The van der Waals surface area contributed by atoms with Crippen molar-refractivity contribution in [1.29, 1.82) is 0 Å². The van der Waals surface area contributed by atoms with Crippen LogP contribution in [0.5, 0.6) is 0 Å². The number of likely N-dealkylation sites (tertiary alicyclic amines) is 1. The molecule has 6 heteroatoms. The third-order valence-electron chi connectivity index (χ3n) is 3.48. The zero-order chi connectivity index (χ0) is 13.5. The van der Waals surface area contributed by atoms with Crippen LogP contribution in [0.25, 0.3) is 0 Å². The van der Waals surface area contributed by atoms with Crippen molar-refractivity contribution in [2.45, 2.75) is 58.0 Å². The van der Waals surface area contributed by atoms with E-state index in [4.69, 9.17) is 5.11 Å². The number of carbonyl (C=O) groups is 2. The van der Waals surface area contributed by atoms with Crippen LogP contribution in [0.1, 0.15) is 46.0 Å². The van der Waals surface area contributed by atoms with Crippen LogP contribution in [0.2, 0.25) is 0 Å². The van der Waals surface area contributed by atoms with E-state index in [1.54, 1.807) is 0 Å². The molecule has 2 atom stereocenters. The summed E-state index contributed by atoms with van der Waals surface area (Å²) in [5.41, 5.74) is 0. The van der Waals surface area contributed by atoms with Crippen LogP contribution in [0.3, 0.4) is 0 Å². The number of amides is 1. The number of rotatable bonds is 7. The Balaban J connectivity index is 0.00000324. The highest BCUT2D eigenvalue weighted by molar-refractivity contribution is 5.85. The molecule has 0 aromatic rings. The van der Waals surface area contributed by atoms with Gasteiger partial charge in [-0.05, 0) is 26.2 Å². The third kappa shape index (κ3) is 5.78. The van der Waals surface area contributed by atoms with E-state index in [1.165, 1.54) is 0 Å². The molecule has 0 aromatic heterocycles. The van der Waals surface area contributed by atoms with E-state index in [2.05, 4.69) is 12.2 Å². The van der Waals surface area contributed by atoms with Gasteiger partial charge >= 0.3 is 5.97 Å². The summed E-state index contributed by atoms with van der Waals surface area (Å²) >= 11 is 0. The topological polar surface area (TPSA) is 69.6 Å². The molecule has 2 N–H and O–H groups in total. The Labute approximate surface area is 121 Å². The van der Waals surface area contributed by atoms with E-state index in [9.17, 15) is 9.59 Å². The number of nitrogens with zero attached hydrogens (tertiary/aromatic N) is 1. The molecule has 1 aliphatic heterocycles. The molecular formula is C13H25ClN2O3. The van der Waals surface area contributed by atoms with Gasteiger partial charge < -0.3 is 15.3 Å². The van der Waals surface area contributed by atoms with Gasteiger partial charge in [0.05, 0.1) is 0 Å². The molecule has 0 saturated carbocycles. The Morgan fingerprint density at radius 2 is 2.16 bits per heavy atom. The zero-order valence-electron chi connectivity index (χ0n) is 11.7. The van der Waals surface area contributed by atoms with Crippen molar-refractivity contribution < 1.29 is 14.7 Å². The Kier molecular flexibility index (Phi) is 8.76. The molecule has 1 amide bonds. The fourth-order valence-electron chi connectivity index (χ4n) is 2.40.